The van der Waals surface area contributed by atoms with Crippen LogP contribution in [0.4, 0.5) is 5.69 Å². The molecule has 0 saturated heterocycles. The summed E-state index contributed by atoms with van der Waals surface area (Å²) in [4.78, 5) is 14.5. The van der Waals surface area contributed by atoms with Crippen LogP contribution < -0.4 is 4.90 Å². The molecule has 1 aromatic rings. The first-order chi connectivity index (χ1) is 16.6. The number of aliphatic hydroxyl groups is 1. The molecule has 2 saturated carbocycles. The van der Waals surface area contributed by atoms with E-state index in [2.05, 4.69) is 69.8 Å². The molecule has 0 aliphatic heterocycles. The number of nitrogens with zero attached hydrogens (tertiary/aromatic N) is 1. The van der Waals surface area contributed by atoms with Crippen molar-refractivity contribution in [3.63, 3.8) is 0 Å². The monoisotopic (exact) mass is 471 g/mol. The Morgan fingerprint density at radius 3 is 2.60 bits per heavy atom. The number of fused-ring (bicyclic) bond motifs is 4. The summed E-state index contributed by atoms with van der Waals surface area (Å²) >= 11 is 0. The van der Waals surface area contributed by atoms with E-state index < -0.39 is 5.60 Å². The highest BCUT2D eigenvalue weighted by Gasteiger charge is 2.62. The fourth-order valence-corrected chi connectivity index (χ4v) is 8.03. The SMILES string of the molecule is CC#C[C@]1(O)CC[C@H]2[C@@H]3CCC4=CC(=O)CCC4=C3[C@@H](c3ccc(C(C)C)c(N(C)C)c3)C[C@@]21C. The van der Waals surface area contributed by atoms with Crippen molar-refractivity contribution in [1.29, 1.82) is 0 Å². The molecule has 186 valence electrons. The highest BCUT2D eigenvalue weighted by Crippen LogP contribution is 2.66. The minimum absolute atomic E-state index is 0.240. The van der Waals surface area contributed by atoms with Gasteiger partial charge in [-0.05, 0) is 97.6 Å². The normalized spacial score (nSPS) is 34.0. The summed E-state index contributed by atoms with van der Waals surface area (Å²) in [5.41, 5.74) is 7.16. The van der Waals surface area contributed by atoms with Crippen molar-refractivity contribution in [2.24, 2.45) is 17.3 Å². The van der Waals surface area contributed by atoms with Gasteiger partial charge in [0, 0.05) is 37.5 Å². The lowest BCUT2D eigenvalue weighted by Crippen LogP contribution is -2.51. The van der Waals surface area contributed by atoms with Crippen molar-refractivity contribution in [3.8, 4) is 11.8 Å². The van der Waals surface area contributed by atoms with Crippen LogP contribution in [-0.2, 0) is 4.79 Å². The molecule has 3 nitrogen and oxygen atoms in total. The first-order valence-electron chi connectivity index (χ1n) is 13.5. The standard InChI is InChI=1S/C32H41NO2/c1-7-15-32(35)16-14-28-26-12-9-21-17-23(34)10-13-25(21)30(26)27(19-31(28,32)4)22-8-11-24(20(2)3)29(18-22)33(5)6/h8,11,17-18,20,26-28,35H,9-10,12-14,16,19H2,1-6H3/t26-,27+,28-,31-,32-/m0/s1. The van der Waals surface area contributed by atoms with Crippen LogP contribution in [0.1, 0.15) is 95.6 Å². The van der Waals surface area contributed by atoms with Crippen LogP contribution in [0.3, 0.4) is 0 Å². The maximum atomic E-state index is 12.3. The molecule has 5 atom stereocenters. The molecular weight excluding hydrogens is 430 g/mol. The molecule has 0 radical (unpaired) electrons. The van der Waals surface area contributed by atoms with Gasteiger partial charge in [0.05, 0.1) is 0 Å². The van der Waals surface area contributed by atoms with Gasteiger partial charge in [-0.2, -0.15) is 0 Å². The first kappa shape index (κ1) is 24.4. The van der Waals surface area contributed by atoms with Crippen LogP contribution in [0, 0.1) is 29.1 Å². The Labute approximate surface area is 211 Å². The maximum absolute atomic E-state index is 12.3. The zero-order valence-corrected chi connectivity index (χ0v) is 22.4. The van der Waals surface area contributed by atoms with E-state index >= 15 is 0 Å². The van der Waals surface area contributed by atoms with Gasteiger partial charge in [-0.25, -0.2) is 0 Å². The summed E-state index contributed by atoms with van der Waals surface area (Å²) in [6.07, 6.45) is 8.21. The largest absolute Gasteiger partial charge is 0.377 e. The molecule has 0 bridgehead atoms. The summed E-state index contributed by atoms with van der Waals surface area (Å²) in [7, 11) is 4.27. The van der Waals surface area contributed by atoms with Crippen LogP contribution >= 0.6 is 0 Å². The van der Waals surface area contributed by atoms with E-state index in [1.54, 1.807) is 5.57 Å². The zero-order chi connectivity index (χ0) is 25.1. The topological polar surface area (TPSA) is 40.5 Å². The molecule has 2 fully saturated rings. The first-order valence-corrected chi connectivity index (χ1v) is 13.5. The molecule has 1 N–H and O–H groups in total. The van der Waals surface area contributed by atoms with E-state index in [1.165, 1.54) is 28.0 Å². The Balaban J connectivity index is 1.71. The van der Waals surface area contributed by atoms with Gasteiger partial charge in [0.1, 0.15) is 5.60 Å². The number of anilines is 1. The predicted molar refractivity (Wildman–Crippen MR) is 144 cm³/mol. The third-order valence-corrected chi connectivity index (χ3v) is 9.78. The zero-order valence-electron chi connectivity index (χ0n) is 22.4. The number of hydrogen-bond donors (Lipinski definition) is 1. The minimum Gasteiger partial charge on any atom is -0.377 e. The summed E-state index contributed by atoms with van der Waals surface area (Å²) in [6, 6.07) is 7.06. The molecule has 0 unspecified atom stereocenters. The molecule has 0 amide bonds. The van der Waals surface area contributed by atoms with E-state index in [9.17, 15) is 9.90 Å². The quantitative estimate of drug-likeness (QED) is 0.510. The maximum Gasteiger partial charge on any atom is 0.156 e. The smallest absolute Gasteiger partial charge is 0.156 e. The van der Waals surface area contributed by atoms with Crippen molar-refractivity contribution in [1.82, 2.24) is 0 Å². The Bertz CT molecular complexity index is 1180. The van der Waals surface area contributed by atoms with Crippen molar-refractivity contribution < 1.29 is 9.90 Å². The van der Waals surface area contributed by atoms with E-state index in [1.807, 2.05) is 13.0 Å². The Hall–Kier alpha value is -2.31. The van der Waals surface area contributed by atoms with Crippen molar-refractivity contribution in [2.75, 3.05) is 19.0 Å². The number of allylic oxidation sites excluding steroid dienone is 4. The Morgan fingerprint density at radius 1 is 1.14 bits per heavy atom. The highest BCUT2D eigenvalue weighted by atomic mass is 16.3. The summed E-state index contributed by atoms with van der Waals surface area (Å²) in [5.74, 6) is 8.22. The second-order valence-corrected chi connectivity index (χ2v) is 12.1. The van der Waals surface area contributed by atoms with E-state index in [0.29, 0.717) is 24.2 Å². The van der Waals surface area contributed by atoms with Gasteiger partial charge < -0.3 is 10.0 Å². The van der Waals surface area contributed by atoms with Crippen LogP contribution in [-0.4, -0.2) is 30.6 Å². The molecule has 0 aromatic heterocycles. The van der Waals surface area contributed by atoms with E-state index in [-0.39, 0.29) is 17.1 Å². The second-order valence-electron chi connectivity index (χ2n) is 12.1. The summed E-state index contributed by atoms with van der Waals surface area (Å²) in [5, 5.41) is 11.9. The number of hydrogen-bond acceptors (Lipinski definition) is 3. The van der Waals surface area contributed by atoms with E-state index in [4.69, 9.17) is 0 Å². The highest BCUT2D eigenvalue weighted by molar-refractivity contribution is 5.93. The number of carbonyl (C=O) groups excluding carboxylic acids is 1. The second kappa shape index (κ2) is 8.67. The number of carbonyl (C=O) groups is 1. The van der Waals surface area contributed by atoms with Crippen LogP contribution in [0.25, 0.3) is 0 Å². The molecule has 1 aromatic carbocycles. The summed E-state index contributed by atoms with van der Waals surface area (Å²) in [6.45, 7) is 8.68. The molecule has 0 heterocycles. The van der Waals surface area contributed by atoms with E-state index in [0.717, 1.165) is 38.5 Å². The molecule has 3 heteroatoms. The lowest BCUT2D eigenvalue weighted by atomic mass is 9.51. The third-order valence-electron chi connectivity index (χ3n) is 9.78. The van der Waals surface area contributed by atoms with Gasteiger partial charge in [0.2, 0.25) is 0 Å². The minimum atomic E-state index is -0.929. The van der Waals surface area contributed by atoms with Crippen LogP contribution in [0.2, 0.25) is 0 Å². The van der Waals surface area contributed by atoms with Gasteiger partial charge in [0.15, 0.2) is 5.78 Å². The van der Waals surface area contributed by atoms with Gasteiger partial charge in [-0.3, -0.25) is 4.79 Å². The molecule has 4 aliphatic carbocycles. The molecule has 4 aliphatic rings. The summed E-state index contributed by atoms with van der Waals surface area (Å²) < 4.78 is 0. The van der Waals surface area contributed by atoms with Crippen molar-refractivity contribution >= 4 is 11.5 Å². The predicted octanol–water partition coefficient (Wildman–Crippen LogP) is 6.53. The van der Waals surface area contributed by atoms with Crippen molar-refractivity contribution in [3.05, 3.63) is 52.1 Å². The van der Waals surface area contributed by atoms with Crippen LogP contribution in [0.5, 0.6) is 0 Å². The van der Waals surface area contributed by atoms with Gasteiger partial charge in [-0.15, -0.1) is 5.92 Å². The lowest BCUT2D eigenvalue weighted by molar-refractivity contribution is -0.114. The Kier molecular flexibility index (Phi) is 6.04. The number of rotatable bonds is 3. The molecule has 35 heavy (non-hydrogen) atoms. The molecule has 5 rings (SSSR count). The fraction of sp³-hybridized carbons (Fsp3) is 0.594. The van der Waals surface area contributed by atoms with Crippen molar-refractivity contribution in [2.45, 2.75) is 90.1 Å². The number of benzene rings is 1. The van der Waals surface area contributed by atoms with Gasteiger partial charge in [-0.1, -0.05) is 44.4 Å². The fourth-order valence-electron chi connectivity index (χ4n) is 8.03. The van der Waals surface area contributed by atoms with Crippen LogP contribution in [0.15, 0.2) is 41.0 Å². The lowest BCUT2D eigenvalue weighted by Gasteiger charge is -2.53. The van der Waals surface area contributed by atoms with Gasteiger partial charge in [0.25, 0.3) is 0 Å². The Morgan fingerprint density at radius 2 is 1.91 bits per heavy atom. The number of ketones is 1. The molecule has 0 spiro atoms. The average Bonchev–Trinajstić information content (AvgIpc) is 3.08. The van der Waals surface area contributed by atoms with Gasteiger partial charge >= 0.3 is 0 Å². The third kappa shape index (κ3) is 3.72. The average molecular weight is 472 g/mol. The molecular formula is C32H41NO2.